The van der Waals surface area contributed by atoms with Gasteiger partial charge in [0, 0.05) is 19.0 Å². The summed E-state index contributed by atoms with van der Waals surface area (Å²) in [6, 6.07) is 0. The third-order valence-electron chi connectivity index (χ3n) is 2.46. The van der Waals surface area contributed by atoms with Crippen LogP contribution < -0.4 is 0 Å². The number of halogens is 1. The van der Waals surface area contributed by atoms with Crippen molar-refractivity contribution in [3.8, 4) is 0 Å². The minimum Gasteiger partial charge on any atom is -0.377 e. The van der Waals surface area contributed by atoms with Crippen molar-refractivity contribution in [3.05, 3.63) is 0 Å². The molecule has 0 spiro atoms. The van der Waals surface area contributed by atoms with Gasteiger partial charge < -0.3 is 9.64 Å². The SMILES string of the molecule is CN(CCCCl)CC1CCCCO1. The third kappa shape index (κ3) is 4.84. The predicted molar refractivity (Wildman–Crippen MR) is 56.4 cm³/mol. The summed E-state index contributed by atoms with van der Waals surface area (Å²) in [4.78, 5) is 2.32. The fourth-order valence-electron chi connectivity index (χ4n) is 1.72. The normalized spacial score (nSPS) is 23.8. The first-order valence-electron chi connectivity index (χ1n) is 5.19. The lowest BCUT2D eigenvalue weighted by molar-refractivity contribution is -0.00134. The largest absolute Gasteiger partial charge is 0.377 e. The average Bonchev–Trinajstić information content (AvgIpc) is 2.16. The van der Waals surface area contributed by atoms with Gasteiger partial charge in [-0.25, -0.2) is 0 Å². The Labute approximate surface area is 86.2 Å². The van der Waals surface area contributed by atoms with Gasteiger partial charge in [0.2, 0.25) is 0 Å². The molecule has 1 fully saturated rings. The van der Waals surface area contributed by atoms with E-state index in [1.165, 1.54) is 19.3 Å². The van der Waals surface area contributed by atoms with E-state index in [-0.39, 0.29) is 0 Å². The van der Waals surface area contributed by atoms with Crippen LogP contribution in [0.25, 0.3) is 0 Å². The van der Waals surface area contributed by atoms with E-state index in [0.29, 0.717) is 6.10 Å². The summed E-state index contributed by atoms with van der Waals surface area (Å²) in [7, 11) is 2.14. The van der Waals surface area contributed by atoms with E-state index in [0.717, 1.165) is 32.0 Å². The highest BCUT2D eigenvalue weighted by Crippen LogP contribution is 2.13. The highest BCUT2D eigenvalue weighted by molar-refractivity contribution is 6.17. The molecule has 1 atom stereocenters. The molecule has 0 radical (unpaired) electrons. The van der Waals surface area contributed by atoms with E-state index in [1.54, 1.807) is 0 Å². The number of ether oxygens (including phenoxy) is 1. The van der Waals surface area contributed by atoms with Crippen molar-refractivity contribution < 1.29 is 4.74 Å². The van der Waals surface area contributed by atoms with Crippen LogP contribution in [0.4, 0.5) is 0 Å². The number of rotatable bonds is 5. The van der Waals surface area contributed by atoms with Crippen LogP contribution in [-0.2, 0) is 4.74 Å². The minimum atomic E-state index is 0.467. The fourth-order valence-corrected chi connectivity index (χ4v) is 1.84. The Morgan fingerprint density at radius 2 is 2.31 bits per heavy atom. The lowest BCUT2D eigenvalue weighted by Gasteiger charge is -2.27. The zero-order valence-corrected chi connectivity index (χ0v) is 9.22. The van der Waals surface area contributed by atoms with Crippen molar-refractivity contribution in [1.29, 1.82) is 0 Å². The zero-order chi connectivity index (χ0) is 9.52. The Kier molecular flexibility index (Phi) is 5.76. The highest BCUT2D eigenvalue weighted by atomic mass is 35.5. The lowest BCUT2D eigenvalue weighted by atomic mass is 10.1. The van der Waals surface area contributed by atoms with Gasteiger partial charge in [0.25, 0.3) is 0 Å². The molecule has 0 aliphatic carbocycles. The van der Waals surface area contributed by atoms with Gasteiger partial charge in [0.1, 0.15) is 0 Å². The van der Waals surface area contributed by atoms with Crippen molar-refractivity contribution in [2.45, 2.75) is 31.8 Å². The van der Waals surface area contributed by atoms with Crippen LogP contribution in [0.15, 0.2) is 0 Å². The van der Waals surface area contributed by atoms with E-state index in [2.05, 4.69) is 11.9 Å². The maximum Gasteiger partial charge on any atom is 0.0701 e. The smallest absolute Gasteiger partial charge is 0.0701 e. The number of hydrogen-bond acceptors (Lipinski definition) is 2. The van der Waals surface area contributed by atoms with Gasteiger partial charge in [-0.3, -0.25) is 0 Å². The molecule has 0 aromatic rings. The molecule has 1 saturated heterocycles. The second-order valence-electron chi connectivity index (χ2n) is 3.79. The summed E-state index contributed by atoms with van der Waals surface area (Å²) in [5.41, 5.74) is 0. The Hall–Kier alpha value is 0.210. The maximum atomic E-state index is 5.65. The molecule has 0 aromatic heterocycles. The second-order valence-corrected chi connectivity index (χ2v) is 4.17. The Morgan fingerprint density at radius 3 is 2.92 bits per heavy atom. The predicted octanol–water partition coefficient (Wildman–Crippen LogP) is 2.12. The molecule has 1 unspecified atom stereocenters. The lowest BCUT2D eigenvalue weighted by Crippen LogP contribution is -2.33. The molecule has 0 amide bonds. The van der Waals surface area contributed by atoms with Crippen LogP contribution in [-0.4, -0.2) is 43.6 Å². The van der Waals surface area contributed by atoms with Crippen LogP contribution in [0.2, 0.25) is 0 Å². The molecule has 2 nitrogen and oxygen atoms in total. The van der Waals surface area contributed by atoms with Crippen LogP contribution in [0.3, 0.4) is 0 Å². The van der Waals surface area contributed by atoms with Crippen molar-refractivity contribution in [3.63, 3.8) is 0 Å². The Balaban J connectivity index is 2.07. The molecule has 0 saturated carbocycles. The second kappa shape index (κ2) is 6.63. The fraction of sp³-hybridized carbons (Fsp3) is 1.00. The van der Waals surface area contributed by atoms with Crippen LogP contribution in [0.1, 0.15) is 25.7 Å². The number of hydrogen-bond donors (Lipinski definition) is 0. The number of likely N-dealkylation sites (N-methyl/N-ethyl adjacent to an activating group) is 1. The van der Waals surface area contributed by atoms with Gasteiger partial charge in [0.05, 0.1) is 6.10 Å². The first kappa shape index (κ1) is 11.3. The molecule has 13 heavy (non-hydrogen) atoms. The molecule has 1 rings (SSSR count). The van der Waals surface area contributed by atoms with Gasteiger partial charge >= 0.3 is 0 Å². The first-order valence-corrected chi connectivity index (χ1v) is 5.72. The molecule has 78 valence electrons. The molecule has 3 heteroatoms. The van der Waals surface area contributed by atoms with Crippen LogP contribution in [0.5, 0.6) is 0 Å². The standard InChI is InChI=1S/C10H20ClNO/c1-12(7-4-6-11)9-10-5-2-3-8-13-10/h10H,2-9H2,1H3. The third-order valence-corrected chi connectivity index (χ3v) is 2.73. The Bertz CT molecular complexity index is 126. The molecule has 1 aliphatic heterocycles. The monoisotopic (exact) mass is 205 g/mol. The Morgan fingerprint density at radius 1 is 1.46 bits per heavy atom. The molecular weight excluding hydrogens is 186 g/mol. The maximum absolute atomic E-state index is 5.65. The average molecular weight is 206 g/mol. The van der Waals surface area contributed by atoms with Gasteiger partial charge in [-0.2, -0.15) is 0 Å². The summed E-state index contributed by atoms with van der Waals surface area (Å²) < 4.78 is 5.65. The summed E-state index contributed by atoms with van der Waals surface area (Å²) in [6.45, 7) is 3.11. The van der Waals surface area contributed by atoms with E-state index in [9.17, 15) is 0 Å². The van der Waals surface area contributed by atoms with E-state index >= 15 is 0 Å². The van der Waals surface area contributed by atoms with Crippen molar-refractivity contribution in [2.24, 2.45) is 0 Å². The molecule has 1 heterocycles. The molecule has 0 N–H and O–H groups in total. The van der Waals surface area contributed by atoms with Crippen molar-refractivity contribution in [2.75, 3.05) is 32.6 Å². The van der Waals surface area contributed by atoms with Crippen molar-refractivity contribution >= 4 is 11.6 Å². The first-order chi connectivity index (χ1) is 6.33. The van der Waals surface area contributed by atoms with Crippen LogP contribution >= 0.6 is 11.6 Å². The molecular formula is C10H20ClNO. The molecule has 0 bridgehead atoms. The van der Waals surface area contributed by atoms with Gasteiger partial charge in [-0.1, -0.05) is 0 Å². The van der Waals surface area contributed by atoms with E-state index in [4.69, 9.17) is 16.3 Å². The van der Waals surface area contributed by atoms with Crippen LogP contribution in [0, 0.1) is 0 Å². The summed E-state index contributed by atoms with van der Waals surface area (Å²) in [5, 5.41) is 0. The minimum absolute atomic E-state index is 0.467. The quantitative estimate of drug-likeness (QED) is 0.638. The topological polar surface area (TPSA) is 12.5 Å². The highest BCUT2D eigenvalue weighted by Gasteiger charge is 2.15. The van der Waals surface area contributed by atoms with E-state index in [1.807, 2.05) is 0 Å². The summed E-state index contributed by atoms with van der Waals surface area (Å²) in [5.74, 6) is 0.760. The van der Waals surface area contributed by atoms with Gasteiger partial charge in [0.15, 0.2) is 0 Å². The molecule has 1 aliphatic rings. The van der Waals surface area contributed by atoms with Gasteiger partial charge in [-0.15, -0.1) is 11.6 Å². The zero-order valence-electron chi connectivity index (χ0n) is 8.47. The molecule has 0 aromatic carbocycles. The van der Waals surface area contributed by atoms with Gasteiger partial charge in [-0.05, 0) is 39.3 Å². The number of nitrogens with zero attached hydrogens (tertiary/aromatic N) is 1. The van der Waals surface area contributed by atoms with E-state index < -0.39 is 0 Å². The summed E-state index contributed by atoms with van der Waals surface area (Å²) >= 11 is 5.63. The van der Waals surface area contributed by atoms with Crippen molar-refractivity contribution in [1.82, 2.24) is 4.90 Å². The summed E-state index contributed by atoms with van der Waals surface area (Å²) in [6.07, 6.45) is 5.33. The number of alkyl halides is 1.